The fraction of sp³-hybridized carbons (Fsp3) is 0.951. The van der Waals surface area contributed by atoms with Gasteiger partial charge in [0.1, 0.15) is 19.3 Å². The molecule has 0 saturated heterocycles. The van der Waals surface area contributed by atoms with Crippen LogP contribution in [-0.4, -0.2) is 96.7 Å². The molecule has 0 saturated carbocycles. The van der Waals surface area contributed by atoms with Crippen molar-refractivity contribution in [2.45, 2.75) is 439 Å². The van der Waals surface area contributed by atoms with E-state index in [0.717, 1.165) is 108 Å². The van der Waals surface area contributed by atoms with E-state index < -0.39 is 97.5 Å². The van der Waals surface area contributed by atoms with Crippen molar-refractivity contribution in [3.8, 4) is 0 Å². The number of hydrogen-bond donors (Lipinski definition) is 3. The Bertz CT molecular complexity index is 1940. The van der Waals surface area contributed by atoms with E-state index in [1.54, 1.807) is 0 Å². The SMILES string of the molecule is CCCCCCCCCCCCCCC(=O)O[C@H](COC(=O)CCCCCCCCCCC(C)C)COP(=O)(O)OC[C@H](O)COP(=O)(O)OC[C@@H](COC(=O)CCCCCCCCCCCCCCCC(C)C)OC(=O)CCCCCCCCCCCCCCCCCCCCC(C)C. The van der Waals surface area contributed by atoms with Crippen molar-refractivity contribution in [1.29, 1.82) is 0 Å². The van der Waals surface area contributed by atoms with E-state index in [0.29, 0.717) is 25.7 Å². The fourth-order valence-corrected chi connectivity index (χ4v) is 14.1. The number of unbranched alkanes of at least 4 members (excludes halogenated alkanes) is 47. The molecule has 17 nitrogen and oxygen atoms in total. The highest BCUT2D eigenvalue weighted by molar-refractivity contribution is 7.47. The number of aliphatic hydroxyl groups is 1. The normalized spacial score (nSPS) is 14.0. The topological polar surface area (TPSA) is 237 Å². The lowest BCUT2D eigenvalue weighted by Gasteiger charge is -2.21. The molecule has 3 N–H and O–H groups in total. The third kappa shape index (κ3) is 74.3. The van der Waals surface area contributed by atoms with Crippen LogP contribution in [-0.2, 0) is 65.4 Å². The molecular weight excluding hydrogens is 1310 g/mol. The van der Waals surface area contributed by atoms with Crippen LogP contribution < -0.4 is 0 Å². The molecule has 0 radical (unpaired) electrons. The number of phosphoric acid groups is 2. The van der Waals surface area contributed by atoms with Crippen molar-refractivity contribution in [1.82, 2.24) is 0 Å². The molecule has 0 amide bonds. The van der Waals surface area contributed by atoms with E-state index in [9.17, 15) is 43.2 Å². The lowest BCUT2D eigenvalue weighted by molar-refractivity contribution is -0.161. The summed E-state index contributed by atoms with van der Waals surface area (Å²) < 4.78 is 68.7. The predicted octanol–water partition coefficient (Wildman–Crippen LogP) is 24.1. The zero-order chi connectivity index (χ0) is 73.7. The number of esters is 4. The minimum atomic E-state index is -4.96. The van der Waals surface area contributed by atoms with Crippen molar-refractivity contribution in [3.63, 3.8) is 0 Å². The van der Waals surface area contributed by atoms with Crippen molar-refractivity contribution in [2.24, 2.45) is 17.8 Å². The van der Waals surface area contributed by atoms with Gasteiger partial charge in [-0.15, -0.1) is 0 Å². The second-order valence-corrected chi connectivity index (χ2v) is 33.5. The van der Waals surface area contributed by atoms with Gasteiger partial charge in [-0.05, 0) is 43.4 Å². The smallest absolute Gasteiger partial charge is 0.462 e. The standard InChI is InChI=1S/C81H158O17P2/c1-8-9-10-11-12-13-14-28-34-43-50-57-64-80(85)98-77(69-92-79(84)63-56-49-42-37-36-40-47-54-61-74(6)7)71-96-100(89,90)94-67-75(82)66-93-99(87,88)95-70-76(68-91-78(83)62-55-48-41-33-29-25-21-23-27-32-39-46-53-60-73(4)5)97-81(86)65-58-51-44-35-30-24-20-18-16-15-17-19-22-26-31-38-45-52-59-72(2)3/h72-77,82H,8-71H2,1-7H3,(H,87,88)(H,89,90)/t75-,76-,77-/m1/s1. The lowest BCUT2D eigenvalue weighted by atomic mass is 10.0. The summed E-state index contributed by atoms with van der Waals surface area (Å²) in [4.78, 5) is 73.0. The number of aliphatic hydroxyl groups excluding tert-OH is 1. The third-order valence-corrected chi connectivity index (χ3v) is 20.8. The van der Waals surface area contributed by atoms with Gasteiger partial charge in [-0.2, -0.15) is 0 Å². The first-order chi connectivity index (χ1) is 48.2. The molecule has 0 aromatic carbocycles. The minimum absolute atomic E-state index is 0.107. The number of carbonyl (C=O) groups excluding carboxylic acids is 4. The van der Waals surface area contributed by atoms with Crippen molar-refractivity contribution in [2.75, 3.05) is 39.6 Å². The van der Waals surface area contributed by atoms with E-state index >= 15 is 0 Å². The number of ether oxygens (including phenoxy) is 4. The average Bonchev–Trinajstić information content (AvgIpc) is 0.980. The highest BCUT2D eigenvalue weighted by Crippen LogP contribution is 2.45. The maximum atomic E-state index is 13.1. The highest BCUT2D eigenvalue weighted by Gasteiger charge is 2.30. The molecule has 2 unspecified atom stereocenters. The molecule has 0 aliphatic rings. The Morgan fingerprint density at radius 1 is 0.270 bits per heavy atom. The van der Waals surface area contributed by atoms with E-state index in [1.165, 1.54) is 231 Å². The zero-order valence-electron chi connectivity index (χ0n) is 65.7. The van der Waals surface area contributed by atoms with Crippen molar-refractivity contribution >= 4 is 39.5 Å². The van der Waals surface area contributed by atoms with Gasteiger partial charge in [0, 0.05) is 25.7 Å². The van der Waals surface area contributed by atoms with Gasteiger partial charge in [0.25, 0.3) is 0 Å². The van der Waals surface area contributed by atoms with Crippen molar-refractivity contribution < 1.29 is 80.2 Å². The van der Waals surface area contributed by atoms with Crippen LogP contribution in [0.15, 0.2) is 0 Å². The molecule has 0 aliphatic heterocycles. The lowest BCUT2D eigenvalue weighted by Crippen LogP contribution is -2.30. The van der Waals surface area contributed by atoms with Gasteiger partial charge in [-0.1, -0.05) is 370 Å². The molecular formula is C81H158O17P2. The van der Waals surface area contributed by atoms with Gasteiger partial charge >= 0.3 is 39.5 Å². The molecule has 100 heavy (non-hydrogen) atoms. The fourth-order valence-electron chi connectivity index (χ4n) is 12.5. The molecule has 19 heteroatoms. The van der Waals surface area contributed by atoms with Gasteiger partial charge in [0.05, 0.1) is 26.4 Å². The van der Waals surface area contributed by atoms with Gasteiger partial charge in [0.15, 0.2) is 12.2 Å². The maximum Gasteiger partial charge on any atom is 0.472 e. The molecule has 0 heterocycles. The van der Waals surface area contributed by atoms with Gasteiger partial charge in [-0.3, -0.25) is 37.3 Å². The van der Waals surface area contributed by atoms with Gasteiger partial charge in [-0.25, -0.2) is 9.13 Å². The van der Waals surface area contributed by atoms with E-state index in [4.69, 9.17) is 37.0 Å². The molecule has 0 bridgehead atoms. The Morgan fingerprint density at radius 3 is 0.680 bits per heavy atom. The third-order valence-electron chi connectivity index (χ3n) is 18.9. The van der Waals surface area contributed by atoms with Crippen molar-refractivity contribution in [3.05, 3.63) is 0 Å². The summed E-state index contributed by atoms with van der Waals surface area (Å²) in [5.74, 6) is 0.227. The molecule has 0 fully saturated rings. The van der Waals surface area contributed by atoms with Gasteiger partial charge < -0.3 is 33.8 Å². The van der Waals surface area contributed by atoms with Crippen LogP contribution in [0.5, 0.6) is 0 Å². The quantitative estimate of drug-likeness (QED) is 0.0222. The summed E-state index contributed by atoms with van der Waals surface area (Å²) >= 11 is 0. The molecule has 0 rings (SSSR count). The summed E-state index contributed by atoms with van der Waals surface area (Å²) in [5.41, 5.74) is 0. The van der Waals surface area contributed by atoms with Crippen LogP contribution in [0.25, 0.3) is 0 Å². The van der Waals surface area contributed by atoms with Crippen LogP contribution in [0.2, 0.25) is 0 Å². The zero-order valence-corrected chi connectivity index (χ0v) is 67.5. The largest absolute Gasteiger partial charge is 0.472 e. The van der Waals surface area contributed by atoms with E-state index in [1.807, 2.05) is 0 Å². The first-order valence-corrected chi connectivity index (χ1v) is 44.8. The monoisotopic (exact) mass is 1470 g/mol. The number of rotatable bonds is 79. The number of hydrogen-bond acceptors (Lipinski definition) is 15. The maximum absolute atomic E-state index is 13.1. The van der Waals surface area contributed by atoms with E-state index in [-0.39, 0.29) is 25.7 Å². The summed E-state index contributed by atoms with van der Waals surface area (Å²) in [6, 6.07) is 0. The second-order valence-electron chi connectivity index (χ2n) is 30.6. The summed E-state index contributed by atoms with van der Waals surface area (Å²) in [6.45, 7) is 12.0. The first kappa shape index (κ1) is 98.1. The summed E-state index contributed by atoms with van der Waals surface area (Å²) in [7, 11) is -9.92. The predicted molar refractivity (Wildman–Crippen MR) is 409 cm³/mol. The van der Waals surface area contributed by atoms with E-state index in [2.05, 4.69) is 48.5 Å². The van der Waals surface area contributed by atoms with Crippen LogP contribution in [0.1, 0.15) is 421 Å². The van der Waals surface area contributed by atoms with Gasteiger partial charge in [0.2, 0.25) is 0 Å². The second kappa shape index (κ2) is 71.3. The number of carbonyl (C=O) groups is 4. The van der Waals surface area contributed by atoms with Crippen LogP contribution in [0, 0.1) is 17.8 Å². The molecule has 0 aliphatic carbocycles. The molecule has 0 spiro atoms. The summed E-state index contributed by atoms with van der Waals surface area (Å²) in [6.07, 6.45) is 59.7. The Morgan fingerprint density at radius 2 is 0.460 bits per heavy atom. The molecule has 0 aromatic rings. The number of phosphoric ester groups is 2. The molecule has 0 aromatic heterocycles. The Kier molecular flexibility index (Phi) is 69.9. The molecule has 594 valence electrons. The first-order valence-electron chi connectivity index (χ1n) is 41.8. The Labute approximate surface area is 613 Å². The minimum Gasteiger partial charge on any atom is -0.462 e. The Balaban J connectivity index is 5.22. The highest BCUT2D eigenvalue weighted by atomic mass is 31.2. The average molecular weight is 1470 g/mol. The molecule has 5 atom stereocenters. The van der Waals surface area contributed by atoms with Crippen LogP contribution in [0.4, 0.5) is 0 Å². The Hall–Kier alpha value is -1.94. The van der Waals surface area contributed by atoms with Crippen LogP contribution in [0.3, 0.4) is 0 Å². The van der Waals surface area contributed by atoms with Crippen LogP contribution >= 0.6 is 15.6 Å². The summed E-state index contributed by atoms with van der Waals surface area (Å²) in [5, 5.41) is 10.6.